The molecule has 3 aromatic carbocycles. The number of ketones is 1. The van der Waals surface area contributed by atoms with E-state index in [9.17, 15) is 19.8 Å². The number of benzene rings is 3. The highest BCUT2D eigenvalue weighted by molar-refractivity contribution is 6.51. The Morgan fingerprint density at radius 2 is 1.61 bits per heavy atom. The number of methoxy groups -OCH3 is 1. The number of anilines is 2. The molecule has 1 heterocycles. The summed E-state index contributed by atoms with van der Waals surface area (Å²) < 4.78 is 5.26. The van der Waals surface area contributed by atoms with Crippen molar-refractivity contribution in [3.63, 3.8) is 0 Å². The van der Waals surface area contributed by atoms with Crippen LogP contribution in [0.3, 0.4) is 0 Å². The monoisotopic (exact) mass is 486 g/mol. The number of carbonyl (C=O) groups excluding carboxylic acids is 2. The first-order valence-electron chi connectivity index (χ1n) is 11.9. The molecule has 0 aliphatic carbocycles. The van der Waals surface area contributed by atoms with Crippen molar-refractivity contribution in [2.24, 2.45) is 0 Å². The second kappa shape index (κ2) is 10.2. The molecule has 1 fully saturated rings. The van der Waals surface area contributed by atoms with Crippen LogP contribution in [0.15, 0.2) is 72.3 Å². The lowest BCUT2D eigenvalue weighted by Gasteiger charge is -2.27. The van der Waals surface area contributed by atoms with Crippen LogP contribution in [-0.4, -0.2) is 42.1 Å². The van der Waals surface area contributed by atoms with E-state index in [4.69, 9.17) is 4.74 Å². The number of carbonyl (C=O) groups is 2. The van der Waals surface area contributed by atoms with Crippen LogP contribution >= 0.6 is 0 Å². The summed E-state index contributed by atoms with van der Waals surface area (Å²) in [5.74, 6) is -1.07. The number of phenolic OH excluding ortho intramolecular Hbond substituents is 1. The molecule has 7 nitrogen and oxygen atoms in total. The molecule has 2 N–H and O–H groups in total. The predicted octanol–water partition coefficient (Wildman–Crippen LogP) is 5.18. The fourth-order valence-corrected chi connectivity index (χ4v) is 4.66. The molecule has 0 radical (unpaired) electrons. The van der Waals surface area contributed by atoms with Crippen molar-refractivity contribution in [1.82, 2.24) is 0 Å². The van der Waals surface area contributed by atoms with E-state index >= 15 is 0 Å². The molecule has 1 aliphatic heterocycles. The molecule has 186 valence electrons. The standard InChI is InChI=1S/C29H30N2O5/c1-5-30(6-2)20-9-11-21(12-10-20)31-26(19-7-13-22(32)14-8-19)25(28(34)29(31)35)27(33)24-16-15-23(36-4)17-18(24)3/h7-17,26,32-33H,5-6H2,1-4H3/b27-25-. The Morgan fingerprint density at radius 1 is 0.972 bits per heavy atom. The zero-order chi connectivity index (χ0) is 26.0. The lowest BCUT2D eigenvalue weighted by Crippen LogP contribution is -2.29. The van der Waals surface area contributed by atoms with E-state index in [-0.39, 0.29) is 17.1 Å². The number of phenols is 1. The van der Waals surface area contributed by atoms with Gasteiger partial charge in [-0.05, 0) is 86.5 Å². The van der Waals surface area contributed by atoms with Crippen molar-refractivity contribution < 1.29 is 24.5 Å². The summed E-state index contributed by atoms with van der Waals surface area (Å²) in [7, 11) is 1.55. The topological polar surface area (TPSA) is 90.3 Å². The lowest BCUT2D eigenvalue weighted by atomic mass is 9.93. The average Bonchev–Trinajstić information content (AvgIpc) is 3.15. The van der Waals surface area contributed by atoms with Crippen LogP contribution in [0.1, 0.15) is 36.6 Å². The molecular formula is C29H30N2O5. The molecule has 1 aliphatic rings. The predicted molar refractivity (Wildman–Crippen MR) is 141 cm³/mol. The summed E-state index contributed by atoms with van der Waals surface area (Å²) in [6, 6.07) is 18.0. The van der Waals surface area contributed by atoms with Crippen LogP contribution in [-0.2, 0) is 9.59 Å². The van der Waals surface area contributed by atoms with Crippen LogP contribution < -0.4 is 14.5 Å². The van der Waals surface area contributed by atoms with Gasteiger partial charge in [-0.3, -0.25) is 14.5 Å². The van der Waals surface area contributed by atoms with Gasteiger partial charge in [0.2, 0.25) is 0 Å². The zero-order valence-corrected chi connectivity index (χ0v) is 20.9. The number of hydrogen-bond donors (Lipinski definition) is 2. The van der Waals surface area contributed by atoms with Crippen molar-refractivity contribution in [2.45, 2.75) is 26.8 Å². The van der Waals surface area contributed by atoms with Crippen LogP contribution in [0.25, 0.3) is 5.76 Å². The Kier molecular flexibility index (Phi) is 7.01. The van der Waals surface area contributed by atoms with Gasteiger partial charge in [-0.25, -0.2) is 0 Å². The number of Topliss-reactive ketones (excluding diaryl/α,β-unsaturated/α-hetero) is 1. The minimum atomic E-state index is -0.869. The van der Waals surface area contributed by atoms with Crippen molar-refractivity contribution in [1.29, 1.82) is 0 Å². The average molecular weight is 487 g/mol. The lowest BCUT2D eigenvalue weighted by molar-refractivity contribution is -0.132. The smallest absolute Gasteiger partial charge is 0.300 e. The Hall–Kier alpha value is -4.26. The normalized spacial score (nSPS) is 16.9. The SMILES string of the molecule is CCN(CC)c1ccc(N2C(=O)C(=O)/C(=C(\O)c3ccc(OC)cc3C)C2c2ccc(O)cc2)cc1. The van der Waals surface area contributed by atoms with E-state index in [1.165, 1.54) is 17.0 Å². The third-order valence-corrected chi connectivity index (χ3v) is 6.60. The molecule has 1 unspecified atom stereocenters. The van der Waals surface area contributed by atoms with Gasteiger partial charge in [-0.1, -0.05) is 12.1 Å². The number of amides is 1. The number of hydrogen-bond acceptors (Lipinski definition) is 6. The molecule has 1 atom stereocenters. The summed E-state index contributed by atoms with van der Waals surface area (Å²) in [4.78, 5) is 30.3. The number of aliphatic hydroxyl groups is 1. The van der Waals surface area contributed by atoms with E-state index in [1.807, 2.05) is 24.3 Å². The number of aromatic hydroxyl groups is 1. The van der Waals surface area contributed by atoms with E-state index in [0.29, 0.717) is 28.1 Å². The van der Waals surface area contributed by atoms with E-state index in [2.05, 4.69) is 18.7 Å². The maximum Gasteiger partial charge on any atom is 0.300 e. The summed E-state index contributed by atoms with van der Waals surface area (Å²) in [5, 5.41) is 21.2. The van der Waals surface area contributed by atoms with Gasteiger partial charge in [0, 0.05) is 30.0 Å². The molecule has 0 aromatic heterocycles. The number of ether oxygens (including phenoxy) is 1. The van der Waals surface area contributed by atoms with Crippen LogP contribution in [0.5, 0.6) is 11.5 Å². The highest BCUT2D eigenvalue weighted by atomic mass is 16.5. The van der Waals surface area contributed by atoms with Gasteiger partial charge in [-0.2, -0.15) is 0 Å². The molecule has 3 aromatic rings. The van der Waals surface area contributed by atoms with E-state index < -0.39 is 17.7 Å². The molecular weight excluding hydrogens is 456 g/mol. The second-order valence-electron chi connectivity index (χ2n) is 8.63. The van der Waals surface area contributed by atoms with E-state index in [1.54, 1.807) is 44.4 Å². The maximum atomic E-state index is 13.4. The van der Waals surface area contributed by atoms with E-state index in [0.717, 1.165) is 18.8 Å². The number of aryl methyl sites for hydroxylation is 1. The van der Waals surface area contributed by atoms with Crippen molar-refractivity contribution >= 4 is 28.8 Å². The molecule has 7 heteroatoms. The maximum absolute atomic E-state index is 13.4. The van der Waals surface area contributed by atoms with Crippen molar-refractivity contribution in [2.75, 3.05) is 30.0 Å². The largest absolute Gasteiger partial charge is 0.508 e. The highest BCUT2D eigenvalue weighted by Gasteiger charge is 2.47. The minimum Gasteiger partial charge on any atom is -0.508 e. The molecule has 4 rings (SSSR count). The third-order valence-electron chi connectivity index (χ3n) is 6.60. The summed E-state index contributed by atoms with van der Waals surface area (Å²) >= 11 is 0. The first kappa shape index (κ1) is 24.9. The number of nitrogens with zero attached hydrogens (tertiary/aromatic N) is 2. The number of aliphatic hydroxyl groups excluding tert-OH is 1. The molecule has 0 saturated carbocycles. The quantitative estimate of drug-likeness (QED) is 0.272. The zero-order valence-electron chi connectivity index (χ0n) is 20.9. The Bertz CT molecular complexity index is 1310. The van der Waals surface area contributed by atoms with Gasteiger partial charge in [-0.15, -0.1) is 0 Å². The molecule has 1 amide bonds. The fraction of sp³-hybridized carbons (Fsp3) is 0.241. The molecule has 0 spiro atoms. The van der Waals surface area contributed by atoms with Gasteiger partial charge in [0.15, 0.2) is 0 Å². The molecule has 36 heavy (non-hydrogen) atoms. The minimum absolute atomic E-state index is 0.00761. The van der Waals surface area contributed by atoms with Gasteiger partial charge < -0.3 is 19.8 Å². The summed E-state index contributed by atoms with van der Waals surface area (Å²) in [6.07, 6.45) is 0. The Labute approximate surface area is 210 Å². The Morgan fingerprint density at radius 3 is 2.17 bits per heavy atom. The third kappa shape index (κ3) is 4.40. The van der Waals surface area contributed by atoms with Gasteiger partial charge >= 0.3 is 0 Å². The summed E-state index contributed by atoms with van der Waals surface area (Å²) in [5.41, 5.74) is 3.27. The number of rotatable bonds is 7. The van der Waals surface area contributed by atoms with Crippen molar-refractivity contribution in [3.05, 3.63) is 89.0 Å². The first-order chi connectivity index (χ1) is 17.3. The first-order valence-corrected chi connectivity index (χ1v) is 11.9. The van der Waals surface area contributed by atoms with Crippen LogP contribution in [0.4, 0.5) is 11.4 Å². The fourth-order valence-electron chi connectivity index (χ4n) is 4.66. The Balaban J connectivity index is 1.88. The second-order valence-corrected chi connectivity index (χ2v) is 8.63. The highest BCUT2D eigenvalue weighted by Crippen LogP contribution is 2.43. The van der Waals surface area contributed by atoms with Crippen LogP contribution in [0.2, 0.25) is 0 Å². The van der Waals surface area contributed by atoms with Gasteiger partial charge in [0.1, 0.15) is 17.3 Å². The van der Waals surface area contributed by atoms with Crippen molar-refractivity contribution in [3.8, 4) is 11.5 Å². The van der Waals surface area contributed by atoms with Gasteiger partial charge in [0.25, 0.3) is 11.7 Å². The molecule has 1 saturated heterocycles. The van der Waals surface area contributed by atoms with Crippen LogP contribution in [0, 0.1) is 6.92 Å². The summed E-state index contributed by atoms with van der Waals surface area (Å²) in [6.45, 7) is 7.63. The molecule has 0 bridgehead atoms. The van der Waals surface area contributed by atoms with Gasteiger partial charge in [0.05, 0.1) is 18.7 Å².